The van der Waals surface area contributed by atoms with E-state index in [1.165, 1.54) is 40.7 Å². The largest absolute Gasteiger partial charge is 0.511 e. The third-order valence-corrected chi connectivity index (χ3v) is 7.82. The lowest BCUT2D eigenvalue weighted by Crippen LogP contribution is -2.71. The van der Waals surface area contributed by atoms with Gasteiger partial charge in [-0.15, -0.1) is 41.3 Å². The van der Waals surface area contributed by atoms with E-state index in [-0.39, 0.29) is 22.3 Å². The van der Waals surface area contributed by atoms with Crippen LogP contribution >= 0.6 is 34.9 Å². The smallest absolute Gasteiger partial charge is 0.431 e. The van der Waals surface area contributed by atoms with Crippen LogP contribution in [0.1, 0.15) is 26.5 Å². The highest BCUT2D eigenvalue weighted by Gasteiger charge is 2.55. The molecule has 1 unspecified atom stereocenters. The van der Waals surface area contributed by atoms with Crippen molar-refractivity contribution in [3.8, 4) is 12.3 Å². The topological polar surface area (TPSA) is 183 Å². The Morgan fingerprint density at radius 2 is 2.11 bits per heavy atom. The molecule has 3 heterocycles. The minimum absolute atomic E-state index is 0.0459. The number of oxime groups is 1. The van der Waals surface area contributed by atoms with E-state index in [0.29, 0.717) is 10.7 Å². The first-order chi connectivity index (χ1) is 17.6. The van der Waals surface area contributed by atoms with Crippen LogP contribution in [0.5, 0.6) is 0 Å². The number of thioether (sulfide) groups is 2. The van der Waals surface area contributed by atoms with Gasteiger partial charge in [0.2, 0.25) is 6.29 Å². The molecule has 37 heavy (non-hydrogen) atoms. The van der Waals surface area contributed by atoms with Crippen molar-refractivity contribution in [3.05, 3.63) is 21.7 Å². The molecule has 0 bridgehead atoms. The van der Waals surface area contributed by atoms with Gasteiger partial charge in [-0.3, -0.25) is 14.5 Å². The standard InChI is InChI=1S/C21H23N5O8S3/c1-5-6-35-12-8-36-18-14(24-16(27)13(25-31)11-7-37-20(22)23-11)17(28)26(18)15(12)19(29)33-10(4)34-21(30)32-9(2)3/h1,7,9-10,14,18,31H,6,8H2,2-4H3,(H2,22,23)(H,24,27)/b25-13-/t10?,14-,18-/m1/s1. The Morgan fingerprint density at radius 3 is 2.70 bits per heavy atom. The van der Waals surface area contributed by atoms with Crippen molar-refractivity contribution in [3.63, 3.8) is 0 Å². The molecule has 3 atom stereocenters. The van der Waals surface area contributed by atoms with E-state index >= 15 is 0 Å². The van der Waals surface area contributed by atoms with Gasteiger partial charge in [0.1, 0.15) is 22.8 Å². The number of anilines is 1. The van der Waals surface area contributed by atoms with Crippen LogP contribution in [0.4, 0.5) is 9.93 Å². The van der Waals surface area contributed by atoms with E-state index in [1.54, 1.807) is 13.8 Å². The van der Waals surface area contributed by atoms with Crippen LogP contribution < -0.4 is 11.1 Å². The molecule has 0 aliphatic carbocycles. The average Bonchev–Trinajstić information content (AvgIpc) is 3.25. The summed E-state index contributed by atoms with van der Waals surface area (Å²) < 4.78 is 15.0. The van der Waals surface area contributed by atoms with Gasteiger partial charge in [0.05, 0.1) is 11.9 Å². The quantitative estimate of drug-likeness (QED) is 0.0739. The van der Waals surface area contributed by atoms with Crippen LogP contribution in [-0.2, 0) is 28.6 Å². The summed E-state index contributed by atoms with van der Waals surface area (Å²) >= 11 is 3.53. The molecule has 0 aromatic carbocycles. The highest BCUT2D eigenvalue weighted by Crippen LogP contribution is 2.43. The number of amides is 2. The maximum absolute atomic E-state index is 13.1. The molecular weight excluding hydrogens is 546 g/mol. The molecule has 2 aliphatic rings. The van der Waals surface area contributed by atoms with Gasteiger partial charge in [0.25, 0.3) is 11.8 Å². The van der Waals surface area contributed by atoms with E-state index in [9.17, 15) is 24.4 Å². The number of fused-ring (bicyclic) bond motifs is 1. The van der Waals surface area contributed by atoms with Gasteiger partial charge in [-0.25, -0.2) is 14.6 Å². The third-order valence-electron chi connectivity index (χ3n) is 4.69. The Labute approximate surface area is 224 Å². The van der Waals surface area contributed by atoms with Crippen LogP contribution in [0.2, 0.25) is 0 Å². The van der Waals surface area contributed by atoms with Gasteiger partial charge >= 0.3 is 12.1 Å². The minimum Gasteiger partial charge on any atom is -0.431 e. The Balaban J connectivity index is 1.75. The van der Waals surface area contributed by atoms with Crippen LogP contribution in [0.15, 0.2) is 21.1 Å². The van der Waals surface area contributed by atoms with Gasteiger partial charge in [-0.1, -0.05) is 11.1 Å². The van der Waals surface area contributed by atoms with Crippen LogP contribution in [0.25, 0.3) is 0 Å². The van der Waals surface area contributed by atoms with Gasteiger partial charge < -0.3 is 30.5 Å². The monoisotopic (exact) mass is 569 g/mol. The van der Waals surface area contributed by atoms with Gasteiger partial charge in [0.15, 0.2) is 10.8 Å². The molecule has 0 radical (unpaired) electrons. The number of hydrogen-bond acceptors (Lipinski definition) is 14. The fourth-order valence-corrected chi connectivity index (χ4v) is 6.08. The number of ether oxygens (including phenoxy) is 3. The maximum atomic E-state index is 13.1. The summed E-state index contributed by atoms with van der Waals surface area (Å²) in [5.74, 6) is 0.628. The Hall–Kier alpha value is -3.42. The SMILES string of the molecule is C#CCSC1=C(C(=O)OC(C)OC(=O)OC(C)C)N2C(=O)[C@@H](NC(=O)/C(=N\O)c3csc(N)n3)[C@H]2SC1. The zero-order valence-corrected chi connectivity index (χ0v) is 22.3. The van der Waals surface area contributed by atoms with Crippen LogP contribution in [0, 0.1) is 12.3 Å². The van der Waals surface area contributed by atoms with Crippen LogP contribution in [-0.4, -0.2) is 80.1 Å². The van der Waals surface area contributed by atoms with Gasteiger partial charge in [-0.2, -0.15) is 0 Å². The summed E-state index contributed by atoms with van der Waals surface area (Å²) in [7, 11) is 0. The highest BCUT2D eigenvalue weighted by molar-refractivity contribution is 8.06. The number of carbonyl (C=O) groups is 4. The summed E-state index contributed by atoms with van der Waals surface area (Å²) in [4.78, 5) is 56.1. The molecule has 16 heteroatoms. The van der Waals surface area contributed by atoms with E-state index in [4.69, 9.17) is 26.4 Å². The lowest BCUT2D eigenvalue weighted by molar-refractivity contribution is -0.169. The predicted octanol–water partition coefficient (Wildman–Crippen LogP) is 1.33. The zero-order chi connectivity index (χ0) is 27.3. The van der Waals surface area contributed by atoms with E-state index < -0.39 is 53.5 Å². The number of rotatable bonds is 9. The molecule has 3 rings (SSSR count). The van der Waals surface area contributed by atoms with Crippen molar-refractivity contribution < 1.29 is 38.6 Å². The number of hydrogen-bond donors (Lipinski definition) is 3. The molecule has 1 aromatic heterocycles. The van der Waals surface area contributed by atoms with Crippen molar-refractivity contribution in [1.29, 1.82) is 0 Å². The first-order valence-electron chi connectivity index (χ1n) is 10.6. The average molecular weight is 570 g/mol. The van der Waals surface area contributed by atoms with Crippen molar-refractivity contribution in [1.82, 2.24) is 15.2 Å². The molecule has 198 valence electrons. The minimum atomic E-state index is -1.31. The summed E-state index contributed by atoms with van der Waals surface area (Å²) in [6, 6.07) is -1.03. The van der Waals surface area contributed by atoms with Crippen LogP contribution in [0.3, 0.4) is 0 Å². The number of esters is 1. The molecule has 13 nitrogen and oxygen atoms in total. The number of nitrogen functional groups attached to an aromatic ring is 1. The molecule has 1 fully saturated rings. The molecule has 2 amide bonds. The first-order valence-corrected chi connectivity index (χ1v) is 13.5. The molecule has 0 spiro atoms. The second kappa shape index (κ2) is 12.2. The first kappa shape index (κ1) is 28.2. The number of nitrogens with one attached hydrogen (secondary N) is 1. The van der Waals surface area contributed by atoms with Crippen molar-refractivity contribution in [2.75, 3.05) is 17.2 Å². The lowest BCUT2D eigenvalue weighted by atomic mass is 10.0. The lowest BCUT2D eigenvalue weighted by Gasteiger charge is -2.49. The number of thiazole rings is 1. The number of nitrogens with two attached hydrogens (primary N) is 1. The molecular formula is C21H23N5O8S3. The van der Waals surface area contributed by atoms with E-state index in [2.05, 4.69) is 21.4 Å². The van der Waals surface area contributed by atoms with E-state index in [0.717, 1.165) is 11.3 Å². The third kappa shape index (κ3) is 6.48. The number of nitrogens with zero attached hydrogens (tertiary/aromatic N) is 3. The fourth-order valence-electron chi connectivity index (χ4n) is 3.23. The molecule has 2 aliphatic heterocycles. The Bertz CT molecular complexity index is 1190. The molecule has 1 aromatic rings. The molecule has 4 N–H and O–H groups in total. The number of β-lactam (4-membered cyclic amide) rings is 1. The van der Waals surface area contributed by atoms with Crippen molar-refractivity contribution in [2.24, 2.45) is 5.16 Å². The van der Waals surface area contributed by atoms with Crippen molar-refractivity contribution in [2.45, 2.75) is 44.6 Å². The van der Waals surface area contributed by atoms with Crippen molar-refractivity contribution >= 4 is 69.6 Å². The maximum Gasteiger partial charge on any atom is 0.511 e. The zero-order valence-electron chi connectivity index (χ0n) is 19.8. The van der Waals surface area contributed by atoms with Gasteiger partial charge in [-0.05, 0) is 13.8 Å². The summed E-state index contributed by atoms with van der Waals surface area (Å²) in [5.41, 5.74) is 5.14. The summed E-state index contributed by atoms with van der Waals surface area (Å²) in [6.45, 7) is 4.58. The summed E-state index contributed by atoms with van der Waals surface area (Å²) in [5, 5.41) is 15.7. The number of aromatic nitrogens is 1. The number of carbonyl (C=O) groups excluding carboxylic acids is 4. The Kier molecular flexibility index (Phi) is 9.29. The number of terminal acetylenes is 1. The molecule has 0 saturated carbocycles. The van der Waals surface area contributed by atoms with Gasteiger partial charge in [0, 0.05) is 23.0 Å². The van der Waals surface area contributed by atoms with E-state index in [1.807, 2.05) is 0 Å². The second-order valence-electron chi connectivity index (χ2n) is 7.65. The fraction of sp³-hybridized carbons (Fsp3) is 0.429. The highest BCUT2D eigenvalue weighted by atomic mass is 32.2. The Morgan fingerprint density at radius 1 is 1.38 bits per heavy atom. The second-order valence-corrected chi connectivity index (χ2v) is 10.7. The summed E-state index contributed by atoms with van der Waals surface area (Å²) in [6.07, 6.45) is 2.59. The predicted molar refractivity (Wildman–Crippen MR) is 136 cm³/mol. The normalized spacial score (nSPS) is 19.9. The molecule has 1 saturated heterocycles.